The first-order chi connectivity index (χ1) is 15.3. The lowest BCUT2D eigenvalue weighted by molar-refractivity contribution is 0.115. The molecule has 1 aromatic heterocycles. The Balaban J connectivity index is 2.16. The van der Waals surface area contributed by atoms with Gasteiger partial charge in [-0.1, -0.05) is 47.1 Å². The minimum absolute atomic E-state index is 0.00981. The molecule has 2 rings (SSSR count). The van der Waals surface area contributed by atoms with E-state index in [-0.39, 0.29) is 27.2 Å². The minimum Gasteiger partial charge on any atom is -0.598 e. The van der Waals surface area contributed by atoms with Gasteiger partial charge < -0.3 is 14.6 Å². The number of carbonyl (C=O) groups is 1. The molecule has 6 nitrogen and oxygen atoms in total. The van der Waals surface area contributed by atoms with Crippen LogP contribution in [0, 0.1) is 11.3 Å². The van der Waals surface area contributed by atoms with E-state index in [9.17, 15) is 14.5 Å². The molecule has 194 valence electrons. The van der Waals surface area contributed by atoms with Gasteiger partial charge in [-0.25, -0.2) is 4.79 Å². The van der Waals surface area contributed by atoms with Crippen molar-refractivity contribution in [3.63, 3.8) is 0 Å². The van der Waals surface area contributed by atoms with Gasteiger partial charge >= 0.3 is 6.09 Å². The molecule has 1 aliphatic rings. The van der Waals surface area contributed by atoms with Crippen molar-refractivity contribution < 1.29 is 14.5 Å². The number of nitrogens with one attached hydrogen (secondary N) is 1. The summed E-state index contributed by atoms with van der Waals surface area (Å²) in [5, 5.41) is 9.62. The standard InChI is InChI=1S/C27H47N3O3S/c1-24(2,3)22-15-11-13-20(28-22)21(29-34(33)25(4,5)6)14-12-16-26(7,8)19-17-27(9,10)30(18-19)23(31)32/h11,13,15,19,21,29H,12,14,16-18H2,1-10H3,(H,31,32)/t19-,21?,34?/m1/s1. The highest BCUT2D eigenvalue weighted by Crippen LogP contribution is 2.45. The summed E-state index contributed by atoms with van der Waals surface area (Å²) in [5.41, 5.74) is 1.58. The van der Waals surface area contributed by atoms with Crippen LogP contribution in [0.25, 0.3) is 0 Å². The summed E-state index contributed by atoms with van der Waals surface area (Å²) in [6, 6.07) is 6.03. The van der Waals surface area contributed by atoms with E-state index in [0.717, 1.165) is 37.1 Å². The van der Waals surface area contributed by atoms with Crippen molar-refractivity contribution in [1.82, 2.24) is 14.6 Å². The third-order valence-corrected chi connectivity index (χ3v) is 8.84. The smallest absolute Gasteiger partial charge is 0.407 e. The van der Waals surface area contributed by atoms with E-state index in [4.69, 9.17) is 4.98 Å². The number of pyridine rings is 1. The van der Waals surface area contributed by atoms with Crippen LogP contribution < -0.4 is 4.72 Å². The summed E-state index contributed by atoms with van der Waals surface area (Å²) in [6.45, 7) is 21.5. The molecule has 34 heavy (non-hydrogen) atoms. The molecule has 0 saturated carbocycles. The maximum absolute atomic E-state index is 13.0. The number of nitrogens with zero attached hydrogens (tertiary/aromatic N) is 2. The van der Waals surface area contributed by atoms with Crippen molar-refractivity contribution in [2.24, 2.45) is 11.3 Å². The zero-order valence-electron chi connectivity index (χ0n) is 23.0. The van der Waals surface area contributed by atoms with Crippen molar-refractivity contribution in [1.29, 1.82) is 0 Å². The lowest BCUT2D eigenvalue weighted by Gasteiger charge is -2.33. The number of aromatic nitrogens is 1. The SMILES string of the molecule is CC(C)(C)c1cccc(C(CCCC(C)(C)[C@H]2CN(C(=O)O)C(C)(C)C2)N[S+]([O-])C(C)(C)C)n1. The van der Waals surface area contributed by atoms with Crippen LogP contribution in [0.4, 0.5) is 4.79 Å². The normalized spacial score (nSPS) is 20.9. The van der Waals surface area contributed by atoms with Crippen LogP contribution in [0.3, 0.4) is 0 Å². The number of amides is 1. The van der Waals surface area contributed by atoms with Crippen molar-refractivity contribution >= 4 is 17.5 Å². The Hall–Kier alpha value is -1.31. The van der Waals surface area contributed by atoms with Gasteiger partial charge in [-0.2, -0.15) is 0 Å². The van der Waals surface area contributed by atoms with Crippen LogP contribution >= 0.6 is 0 Å². The fourth-order valence-electron chi connectivity index (χ4n) is 4.71. The maximum Gasteiger partial charge on any atom is 0.407 e. The zero-order valence-corrected chi connectivity index (χ0v) is 23.8. The highest BCUT2D eigenvalue weighted by molar-refractivity contribution is 7.90. The first-order valence-corrected chi connectivity index (χ1v) is 13.7. The van der Waals surface area contributed by atoms with Crippen molar-refractivity contribution in [2.45, 2.75) is 117 Å². The minimum atomic E-state index is -1.20. The Morgan fingerprint density at radius 1 is 1.24 bits per heavy atom. The first-order valence-electron chi connectivity index (χ1n) is 12.5. The molecule has 1 fully saturated rings. The van der Waals surface area contributed by atoms with Gasteiger partial charge in [-0.05, 0) is 77.3 Å². The van der Waals surface area contributed by atoms with E-state index in [0.29, 0.717) is 12.5 Å². The van der Waals surface area contributed by atoms with Crippen LogP contribution in [0.2, 0.25) is 0 Å². The van der Waals surface area contributed by atoms with Crippen LogP contribution in [-0.4, -0.2) is 42.5 Å². The van der Waals surface area contributed by atoms with E-state index in [2.05, 4.69) is 45.4 Å². The summed E-state index contributed by atoms with van der Waals surface area (Å²) in [5.74, 6) is 0.316. The Kier molecular flexibility index (Phi) is 8.81. The lowest BCUT2D eigenvalue weighted by atomic mass is 9.72. The average molecular weight is 494 g/mol. The lowest BCUT2D eigenvalue weighted by Crippen LogP contribution is -2.42. The molecule has 0 bridgehead atoms. The van der Waals surface area contributed by atoms with Crippen LogP contribution in [0.15, 0.2) is 18.2 Å². The van der Waals surface area contributed by atoms with Crippen LogP contribution in [0.1, 0.15) is 112 Å². The monoisotopic (exact) mass is 493 g/mol. The largest absolute Gasteiger partial charge is 0.598 e. The maximum atomic E-state index is 13.0. The Morgan fingerprint density at radius 2 is 1.85 bits per heavy atom. The predicted molar refractivity (Wildman–Crippen MR) is 141 cm³/mol. The Bertz CT molecular complexity index is 842. The van der Waals surface area contributed by atoms with Gasteiger partial charge in [0.05, 0.1) is 11.7 Å². The van der Waals surface area contributed by atoms with E-state index in [1.807, 2.05) is 46.8 Å². The molecule has 1 aliphatic heterocycles. The molecular weight excluding hydrogens is 446 g/mol. The zero-order chi connectivity index (χ0) is 26.1. The van der Waals surface area contributed by atoms with Crippen molar-refractivity contribution in [3.05, 3.63) is 29.6 Å². The fraction of sp³-hybridized carbons (Fsp3) is 0.778. The molecule has 0 aromatic carbocycles. The van der Waals surface area contributed by atoms with Crippen molar-refractivity contribution in [3.8, 4) is 0 Å². The molecule has 0 aliphatic carbocycles. The highest BCUT2D eigenvalue weighted by atomic mass is 32.2. The summed E-state index contributed by atoms with van der Waals surface area (Å²) in [6.07, 6.45) is 2.78. The molecule has 2 unspecified atom stereocenters. The predicted octanol–water partition coefficient (Wildman–Crippen LogP) is 6.45. The van der Waals surface area contributed by atoms with Gasteiger partial charge in [-0.15, -0.1) is 4.72 Å². The number of likely N-dealkylation sites (tertiary alicyclic amines) is 1. The molecule has 2 heterocycles. The molecule has 1 amide bonds. The van der Waals surface area contributed by atoms with Gasteiger partial charge in [0.25, 0.3) is 0 Å². The molecular formula is C27H47N3O3S. The Labute approximate surface area is 210 Å². The molecule has 2 N–H and O–H groups in total. The average Bonchev–Trinajstić information content (AvgIpc) is 3.02. The summed E-state index contributed by atoms with van der Waals surface area (Å²) < 4.78 is 16.0. The molecule has 1 aromatic rings. The summed E-state index contributed by atoms with van der Waals surface area (Å²) in [4.78, 5) is 18.3. The van der Waals surface area contributed by atoms with Gasteiger partial charge in [-0.3, -0.25) is 4.98 Å². The third kappa shape index (κ3) is 7.34. The number of hydrogen-bond acceptors (Lipinski definition) is 4. The molecule has 1 saturated heterocycles. The summed E-state index contributed by atoms with van der Waals surface area (Å²) >= 11 is -1.20. The molecule has 0 spiro atoms. The first kappa shape index (κ1) is 28.9. The van der Waals surface area contributed by atoms with Crippen LogP contribution in [0.5, 0.6) is 0 Å². The quantitative estimate of drug-likeness (QED) is 0.406. The highest BCUT2D eigenvalue weighted by Gasteiger charge is 2.46. The van der Waals surface area contributed by atoms with Gasteiger partial charge in [0, 0.05) is 34.6 Å². The van der Waals surface area contributed by atoms with Gasteiger partial charge in [0.1, 0.15) is 4.75 Å². The second kappa shape index (κ2) is 10.4. The van der Waals surface area contributed by atoms with E-state index in [1.54, 1.807) is 4.90 Å². The second-order valence-electron chi connectivity index (χ2n) is 13.2. The van der Waals surface area contributed by atoms with E-state index < -0.39 is 17.5 Å². The fourth-order valence-corrected chi connectivity index (χ4v) is 5.56. The molecule has 3 atom stereocenters. The second-order valence-corrected chi connectivity index (χ2v) is 15.2. The summed E-state index contributed by atoms with van der Waals surface area (Å²) in [7, 11) is 0. The number of rotatable bonds is 8. The van der Waals surface area contributed by atoms with E-state index in [1.165, 1.54) is 0 Å². The van der Waals surface area contributed by atoms with Gasteiger partial charge in [0.2, 0.25) is 0 Å². The van der Waals surface area contributed by atoms with Crippen molar-refractivity contribution in [2.75, 3.05) is 6.54 Å². The topological polar surface area (TPSA) is 88.5 Å². The number of hydrogen-bond donors (Lipinski definition) is 2. The molecule has 0 radical (unpaired) electrons. The number of carboxylic acid groups (broad SMARTS) is 1. The molecule has 7 heteroatoms. The third-order valence-electron chi connectivity index (χ3n) is 7.23. The van der Waals surface area contributed by atoms with Gasteiger partial charge in [0.15, 0.2) is 0 Å². The van der Waals surface area contributed by atoms with E-state index >= 15 is 0 Å². The van der Waals surface area contributed by atoms with Crippen LogP contribution in [-0.2, 0) is 16.8 Å². The Morgan fingerprint density at radius 3 is 2.35 bits per heavy atom.